The number of nitrogens with zero attached hydrogens (tertiary/aromatic N) is 1. The molecule has 1 fully saturated rings. The van der Waals surface area contributed by atoms with Crippen LogP contribution in [0, 0.1) is 0 Å². The van der Waals surface area contributed by atoms with E-state index in [0.717, 1.165) is 6.42 Å². The molecular weight excluding hydrogens is 529 g/mol. The van der Waals surface area contributed by atoms with Gasteiger partial charge in [0.15, 0.2) is 0 Å². The Morgan fingerprint density at radius 3 is 2.17 bits per heavy atom. The van der Waals surface area contributed by atoms with Crippen molar-refractivity contribution >= 4 is 49.3 Å². The Morgan fingerprint density at radius 1 is 0.690 bits per heavy atom. The average Bonchev–Trinajstić information content (AvgIpc) is 3.65. The van der Waals surface area contributed by atoms with E-state index in [9.17, 15) is 0 Å². The Morgan fingerprint density at radius 2 is 1.38 bits per heavy atom. The van der Waals surface area contributed by atoms with Crippen molar-refractivity contribution in [3.05, 3.63) is 143 Å². The predicted octanol–water partition coefficient (Wildman–Crippen LogP) is 10.6. The number of hydrogen-bond acceptors (Lipinski definition) is 2. The van der Waals surface area contributed by atoms with Gasteiger partial charge < -0.3 is 4.57 Å². The summed E-state index contributed by atoms with van der Waals surface area (Å²) in [4.78, 5) is 1.42. The summed E-state index contributed by atoms with van der Waals surface area (Å²) in [6.45, 7) is 2.37. The standard InChI is InChI=1S/C39H30N2S/c1-24-9-8-14-34-35(24)32-22-21-31-30-20-17-28(25-10-4-2-5-11-25)23-33(30)41(38(31)39(32)42-34)29-18-15-27(16-19-29)37-36(40-37)26-12-6-3-7-13-26/h2-8,10-24,36-37,40H,9H2,1H3/t24?,36?,37-/m0/s1. The van der Waals surface area contributed by atoms with Gasteiger partial charge in [0.25, 0.3) is 0 Å². The Labute approximate surface area is 249 Å². The maximum atomic E-state index is 3.68. The van der Waals surface area contributed by atoms with Crippen LogP contribution < -0.4 is 5.32 Å². The molecule has 0 bridgehead atoms. The SMILES string of the molecule is CC1CC=Cc2sc3c(ccc4c5ccc(-c6ccccc6)cc5n(-c5ccc([C@@H]6NC6c6ccccc6)cc5)c43)c21. The molecule has 2 nitrogen and oxygen atoms in total. The van der Waals surface area contributed by atoms with Crippen LogP contribution in [0.25, 0.3) is 54.8 Å². The third kappa shape index (κ3) is 3.67. The van der Waals surface area contributed by atoms with Gasteiger partial charge >= 0.3 is 0 Å². The molecule has 2 aromatic heterocycles. The smallest absolute Gasteiger partial charge is 0.0719 e. The van der Waals surface area contributed by atoms with Crippen molar-refractivity contribution in [2.75, 3.05) is 0 Å². The van der Waals surface area contributed by atoms with E-state index in [2.05, 4.69) is 144 Å². The van der Waals surface area contributed by atoms with Gasteiger partial charge in [-0.1, -0.05) is 110 Å². The molecule has 202 valence electrons. The van der Waals surface area contributed by atoms with E-state index in [0.29, 0.717) is 18.0 Å². The fraction of sp³-hybridized carbons (Fsp3) is 0.128. The molecule has 3 heteroatoms. The zero-order valence-corrected chi connectivity index (χ0v) is 24.2. The van der Waals surface area contributed by atoms with Gasteiger partial charge in [-0.3, -0.25) is 5.32 Å². The zero-order chi connectivity index (χ0) is 27.8. The number of thiophene rings is 1. The van der Waals surface area contributed by atoms with Gasteiger partial charge in [0, 0.05) is 21.3 Å². The molecule has 2 unspecified atom stereocenters. The maximum Gasteiger partial charge on any atom is 0.0719 e. The minimum absolute atomic E-state index is 0.369. The van der Waals surface area contributed by atoms with Gasteiger partial charge in [-0.15, -0.1) is 11.3 Å². The summed E-state index contributed by atoms with van der Waals surface area (Å²) >= 11 is 1.96. The van der Waals surface area contributed by atoms with Crippen molar-refractivity contribution in [3.8, 4) is 16.8 Å². The molecule has 42 heavy (non-hydrogen) atoms. The highest BCUT2D eigenvalue weighted by Crippen LogP contribution is 2.47. The molecule has 7 aromatic rings. The lowest BCUT2D eigenvalue weighted by Crippen LogP contribution is -1.97. The van der Waals surface area contributed by atoms with Gasteiger partial charge in [0.1, 0.15) is 0 Å². The Hall–Kier alpha value is -4.44. The van der Waals surface area contributed by atoms with Crippen molar-refractivity contribution < 1.29 is 0 Å². The maximum absolute atomic E-state index is 3.68. The molecule has 1 N–H and O–H groups in total. The summed E-state index contributed by atoms with van der Waals surface area (Å²) in [6, 6.07) is 43.3. The quantitative estimate of drug-likeness (QED) is 0.214. The second kappa shape index (κ2) is 9.29. The molecule has 0 radical (unpaired) electrons. The number of allylic oxidation sites excluding steroid dienone is 1. The summed E-state index contributed by atoms with van der Waals surface area (Å²) in [5.41, 5.74) is 10.5. The van der Waals surface area contributed by atoms with Crippen molar-refractivity contribution in [2.45, 2.75) is 31.3 Å². The van der Waals surface area contributed by atoms with Gasteiger partial charge in [0.05, 0.1) is 27.8 Å². The molecule has 1 saturated heterocycles. The molecule has 9 rings (SSSR count). The lowest BCUT2D eigenvalue weighted by Gasteiger charge is -2.14. The molecule has 5 aromatic carbocycles. The largest absolute Gasteiger partial charge is 0.308 e. The van der Waals surface area contributed by atoms with E-state index >= 15 is 0 Å². The number of benzene rings is 5. The molecule has 3 heterocycles. The minimum atomic E-state index is 0.369. The fourth-order valence-electron chi connectivity index (χ4n) is 7.10. The molecule has 1 aliphatic heterocycles. The van der Waals surface area contributed by atoms with E-state index in [1.165, 1.54) is 70.3 Å². The number of rotatable bonds is 4. The van der Waals surface area contributed by atoms with E-state index in [-0.39, 0.29) is 0 Å². The van der Waals surface area contributed by atoms with Crippen LogP contribution in [0.1, 0.15) is 52.9 Å². The summed E-state index contributed by atoms with van der Waals surface area (Å²) in [5.74, 6) is 0.543. The summed E-state index contributed by atoms with van der Waals surface area (Å²) in [5, 5.41) is 7.73. The highest BCUT2D eigenvalue weighted by molar-refractivity contribution is 7.21. The van der Waals surface area contributed by atoms with Crippen LogP contribution in [-0.2, 0) is 0 Å². The van der Waals surface area contributed by atoms with E-state index in [1.807, 2.05) is 11.3 Å². The highest BCUT2D eigenvalue weighted by atomic mass is 32.1. The van der Waals surface area contributed by atoms with Gasteiger partial charge in [-0.2, -0.15) is 0 Å². The Bertz CT molecular complexity index is 2150. The molecule has 0 spiro atoms. The van der Waals surface area contributed by atoms with E-state index in [1.54, 1.807) is 0 Å². The molecular formula is C39H30N2S. The van der Waals surface area contributed by atoms with Crippen LogP contribution in [0.2, 0.25) is 0 Å². The predicted molar refractivity (Wildman–Crippen MR) is 179 cm³/mol. The van der Waals surface area contributed by atoms with Crippen LogP contribution >= 0.6 is 11.3 Å². The van der Waals surface area contributed by atoms with Crippen molar-refractivity contribution in [1.82, 2.24) is 9.88 Å². The van der Waals surface area contributed by atoms with Crippen LogP contribution in [0.3, 0.4) is 0 Å². The van der Waals surface area contributed by atoms with E-state index < -0.39 is 0 Å². The minimum Gasteiger partial charge on any atom is -0.308 e. The molecule has 1 aliphatic carbocycles. The summed E-state index contributed by atoms with van der Waals surface area (Å²) in [7, 11) is 0. The van der Waals surface area contributed by atoms with Crippen LogP contribution in [0.5, 0.6) is 0 Å². The number of nitrogens with one attached hydrogen (secondary N) is 1. The second-order valence-electron chi connectivity index (χ2n) is 11.8. The van der Waals surface area contributed by atoms with Crippen LogP contribution in [0.4, 0.5) is 0 Å². The van der Waals surface area contributed by atoms with Crippen molar-refractivity contribution in [1.29, 1.82) is 0 Å². The Kier molecular flexibility index (Phi) is 5.35. The number of aromatic nitrogens is 1. The topological polar surface area (TPSA) is 26.9 Å². The molecule has 0 amide bonds. The van der Waals surface area contributed by atoms with Crippen LogP contribution in [0.15, 0.2) is 121 Å². The Balaban J connectivity index is 1.26. The van der Waals surface area contributed by atoms with Gasteiger partial charge in [0.2, 0.25) is 0 Å². The first-order valence-electron chi connectivity index (χ1n) is 14.9. The average molecular weight is 559 g/mol. The zero-order valence-electron chi connectivity index (χ0n) is 23.4. The lowest BCUT2D eigenvalue weighted by molar-refractivity contribution is 0.783. The van der Waals surface area contributed by atoms with Gasteiger partial charge in [-0.25, -0.2) is 0 Å². The van der Waals surface area contributed by atoms with Crippen LogP contribution in [-0.4, -0.2) is 4.57 Å². The highest BCUT2D eigenvalue weighted by Gasteiger charge is 2.38. The van der Waals surface area contributed by atoms with Gasteiger partial charge in [-0.05, 0) is 69.8 Å². The molecule has 2 aliphatic rings. The molecule has 0 saturated carbocycles. The van der Waals surface area contributed by atoms with E-state index in [4.69, 9.17) is 0 Å². The first kappa shape index (κ1) is 24.2. The second-order valence-corrected chi connectivity index (χ2v) is 12.9. The monoisotopic (exact) mass is 558 g/mol. The first-order valence-corrected chi connectivity index (χ1v) is 15.7. The lowest BCUT2D eigenvalue weighted by atomic mass is 9.91. The van der Waals surface area contributed by atoms with Crippen molar-refractivity contribution in [2.24, 2.45) is 0 Å². The third-order valence-corrected chi connectivity index (χ3v) is 10.5. The van der Waals surface area contributed by atoms with Crippen molar-refractivity contribution in [3.63, 3.8) is 0 Å². The third-order valence-electron chi connectivity index (χ3n) is 9.26. The molecule has 3 atom stereocenters. The number of fused-ring (bicyclic) bond motifs is 7. The summed E-state index contributed by atoms with van der Waals surface area (Å²) < 4.78 is 3.92. The number of hydrogen-bond donors (Lipinski definition) is 1. The normalized spacial score (nSPS) is 19.5. The fourth-order valence-corrected chi connectivity index (χ4v) is 8.49. The summed E-state index contributed by atoms with van der Waals surface area (Å²) in [6.07, 6.45) is 5.79. The first-order chi connectivity index (χ1) is 20.7.